The summed E-state index contributed by atoms with van der Waals surface area (Å²) in [5.74, 6) is 0.523. The van der Waals surface area contributed by atoms with Crippen LogP contribution in [0.5, 0.6) is 11.5 Å². The van der Waals surface area contributed by atoms with Crippen LogP contribution in [0.15, 0.2) is 115 Å². The molecule has 0 radical (unpaired) electrons. The van der Waals surface area contributed by atoms with Crippen molar-refractivity contribution in [3.63, 3.8) is 0 Å². The van der Waals surface area contributed by atoms with Crippen molar-refractivity contribution in [1.82, 2.24) is 9.55 Å². The van der Waals surface area contributed by atoms with E-state index in [1.807, 2.05) is 62.4 Å². The SMILES string of the molecule is COC(=O)c1cc(-n2cc(-c3ccc(Cl)cc3Cl)nc2Cc2ccc(-c3ccc(Oc4ccc(NS(=O)(=O)CC(C)C)cc4)cc3)cc2)ccc1C(F)(F)F. The molecule has 0 fully saturated rings. The van der Waals surface area contributed by atoms with E-state index in [9.17, 15) is 26.4 Å². The maximum atomic E-state index is 13.8. The van der Waals surface area contributed by atoms with Crippen molar-refractivity contribution in [3.8, 4) is 39.6 Å². The Labute approximate surface area is 326 Å². The zero-order chi connectivity index (χ0) is 39.5. The Morgan fingerprint density at radius 2 is 1.47 bits per heavy atom. The molecule has 0 bridgehead atoms. The molecule has 284 valence electrons. The van der Waals surface area contributed by atoms with Crippen LogP contribution in [0.1, 0.15) is 41.2 Å². The fraction of sp³-hybridized carbons (Fsp3) is 0.171. The summed E-state index contributed by atoms with van der Waals surface area (Å²) in [5.41, 5.74) is 2.72. The summed E-state index contributed by atoms with van der Waals surface area (Å²) < 4.78 is 80.8. The van der Waals surface area contributed by atoms with Gasteiger partial charge in [0.1, 0.15) is 17.3 Å². The van der Waals surface area contributed by atoms with Gasteiger partial charge in [0.15, 0.2) is 0 Å². The molecule has 1 aromatic heterocycles. The summed E-state index contributed by atoms with van der Waals surface area (Å²) in [7, 11) is -2.42. The molecule has 0 aliphatic rings. The van der Waals surface area contributed by atoms with Gasteiger partial charge in [-0.1, -0.05) is 73.4 Å². The van der Waals surface area contributed by atoms with Gasteiger partial charge in [0.25, 0.3) is 0 Å². The van der Waals surface area contributed by atoms with Crippen LogP contribution in [0.4, 0.5) is 18.9 Å². The zero-order valence-corrected chi connectivity index (χ0v) is 32.0. The molecule has 0 unspecified atom stereocenters. The molecule has 0 saturated carbocycles. The molecule has 0 aliphatic carbocycles. The fourth-order valence-electron chi connectivity index (χ4n) is 5.90. The van der Waals surface area contributed by atoms with E-state index in [0.29, 0.717) is 44.3 Å². The summed E-state index contributed by atoms with van der Waals surface area (Å²) in [4.78, 5) is 17.3. The lowest BCUT2D eigenvalue weighted by Gasteiger charge is -2.15. The molecule has 0 atom stereocenters. The van der Waals surface area contributed by atoms with Crippen LogP contribution in [0.3, 0.4) is 0 Å². The number of nitrogens with zero attached hydrogens (tertiary/aromatic N) is 2. The summed E-state index contributed by atoms with van der Waals surface area (Å²) >= 11 is 12.6. The largest absolute Gasteiger partial charge is 0.465 e. The van der Waals surface area contributed by atoms with Gasteiger partial charge in [-0.3, -0.25) is 4.72 Å². The number of carbonyl (C=O) groups excluding carboxylic acids is 1. The number of methoxy groups -OCH3 is 1. The van der Waals surface area contributed by atoms with E-state index in [1.165, 1.54) is 6.07 Å². The van der Waals surface area contributed by atoms with Crippen molar-refractivity contribution in [2.45, 2.75) is 26.4 Å². The second-order valence-corrected chi connectivity index (χ2v) is 15.7. The molecular weight excluding hydrogens is 774 g/mol. The van der Waals surface area contributed by atoms with E-state index >= 15 is 0 Å². The third-order valence-electron chi connectivity index (χ3n) is 8.40. The molecule has 14 heteroatoms. The average molecular weight is 809 g/mol. The standard InChI is InChI=1S/C41H34Cl2F3N3O5S/c1-25(2)24-55(51,52)48-30-11-16-33(17-12-30)54-32-14-8-28(9-15-32)27-6-4-26(5-7-27)20-39-47-38(34-18-10-29(42)21-37(34)43)23-49(39)31-13-19-36(41(44,45)46)35(22-31)40(50)53-3/h4-19,21-23,25,48H,20,24H2,1-3H3. The van der Waals surface area contributed by atoms with E-state index in [0.717, 1.165) is 35.9 Å². The number of alkyl halides is 3. The van der Waals surface area contributed by atoms with Gasteiger partial charge in [-0.25, -0.2) is 18.2 Å². The zero-order valence-electron chi connectivity index (χ0n) is 29.7. The van der Waals surface area contributed by atoms with E-state index < -0.39 is 33.3 Å². The number of esters is 1. The van der Waals surface area contributed by atoms with E-state index in [-0.39, 0.29) is 23.8 Å². The number of hydrogen-bond acceptors (Lipinski definition) is 6. The first kappa shape index (κ1) is 39.4. The Bertz CT molecular complexity index is 2430. The number of aromatic nitrogens is 2. The van der Waals surface area contributed by atoms with Gasteiger partial charge in [-0.15, -0.1) is 0 Å². The van der Waals surface area contributed by atoms with Gasteiger partial charge in [-0.2, -0.15) is 13.2 Å². The third-order valence-corrected chi connectivity index (χ3v) is 10.6. The average Bonchev–Trinajstić information content (AvgIpc) is 3.54. The number of ether oxygens (including phenoxy) is 2. The molecule has 5 aromatic carbocycles. The van der Waals surface area contributed by atoms with Gasteiger partial charge in [0.05, 0.1) is 34.7 Å². The van der Waals surface area contributed by atoms with Gasteiger partial charge >= 0.3 is 12.1 Å². The van der Waals surface area contributed by atoms with Crippen LogP contribution in [-0.4, -0.2) is 36.8 Å². The fourth-order valence-corrected chi connectivity index (χ4v) is 7.86. The molecule has 0 aliphatic heterocycles. The molecule has 0 amide bonds. The van der Waals surface area contributed by atoms with Crippen molar-refractivity contribution in [2.75, 3.05) is 17.6 Å². The van der Waals surface area contributed by atoms with Crippen LogP contribution >= 0.6 is 23.2 Å². The molecule has 55 heavy (non-hydrogen) atoms. The number of sulfonamides is 1. The monoisotopic (exact) mass is 807 g/mol. The maximum Gasteiger partial charge on any atom is 0.417 e. The molecule has 1 heterocycles. The first-order chi connectivity index (χ1) is 26.1. The van der Waals surface area contributed by atoms with E-state index in [4.69, 9.17) is 32.9 Å². The Hall–Kier alpha value is -5.30. The number of nitrogens with one attached hydrogen (secondary N) is 1. The van der Waals surface area contributed by atoms with Gasteiger partial charge in [-0.05, 0) is 95.4 Å². The van der Waals surface area contributed by atoms with Crippen molar-refractivity contribution in [3.05, 3.63) is 148 Å². The number of anilines is 1. The number of hydrogen-bond donors (Lipinski definition) is 1. The van der Waals surface area contributed by atoms with Crippen LogP contribution in [0, 0.1) is 5.92 Å². The highest BCUT2D eigenvalue weighted by atomic mass is 35.5. The summed E-state index contributed by atoms with van der Waals surface area (Å²) in [6.07, 6.45) is -2.84. The third kappa shape index (κ3) is 9.69. The molecular formula is C41H34Cl2F3N3O5S. The number of benzene rings is 5. The number of halogens is 5. The van der Waals surface area contributed by atoms with Gasteiger partial charge in [0.2, 0.25) is 10.0 Å². The molecule has 6 rings (SSSR count). The highest BCUT2D eigenvalue weighted by Crippen LogP contribution is 2.36. The molecule has 6 aromatic rings. The van der Waals surface area contributed by atoms with Crippen LogP contribution in [0.2, 0.25) is 10.0 Å². The second kappa shape index (κ2) is 16.2. The summed E-state index contributed by atoms with van der Waals surface area (Å²) in [6, 6.07) is 30.1. The number of carbonyl (C=O) groups is 1. The summed E-state index contributed by atoms with van der Waals surface area (Å²) in [5, 5.41) is 0.769. The maximum absolute atomic E-state index is 13.8. The number of imidazole rings is 1. The van der Waals surface area contributed by atoms with Crippen molar-refractivity contribution >= 4 is 44.9 Å². The Balaban J connectivity index is 1.22. The highest BCUT2D eigenvalue weighted by Gasteiger charge is 2.36. The topological polar surface area (TPSA) is 99.5 Å². The Morgan fingerprint density at radius 1 is 0.855 bits per heavy atom. The Kier molecular flexibility index (Phi) is 11.6. The predicted octanol–water partition coefficient (Wildman–Crippen LogP) is 11.1. The summed E-state index contributed by atoms with van der Waals surface area (Å²) in [6.45, 7) is 3.68. The lowest BCUT2D eigenvalue weighted by atomic mass is 10.0. The van der Waals surface area contributed by atoms with Crippen LogP contribution in [-0.2, 0) is 27.4 Å². The minimum atomic E-state index is -4.78. The van der Waals surface area contributed by atoms with Gasteiger partial charge < -0.3 is 14.0 Å². The lowest BCUT2D eigenvalue weighted by molar-refractivity contribution is -0.138. The van der Waals surface area contributed by atoms with E-state index in [2.05, 4.69) is 9.46 Å². The van der Waals surface area contributed by atoms with Crippen molar-refractivity contribution < 1.29 is 35.9 Å². The second-order valence-electron chi connectivity index (χ2n) is 13.1. The predicted molar refractivity (Wildman–Crippen MR) is 209 cm³/mol. The molecule has 1 N–H and O–H groups in total. The molecule has 8 nitrogen and oxygen atoms in total. The minimum absolute atomic E-state index is 0.000840. The highest BCUT2D eigenvalue weighted by molar-refractivity contribution is 7.92. The Morgan fingerprint density at radius 3 is 2.05 bits per heavy atom. The molecule has 0 saturated heterocycles. The van der Waals surface area contributed by atoms with Crippen LogP contribution < -0.4 is 9.46 Å². The number of rotatable bonds is 12. The molecule has 0 spiro atoms. The van der Waals surface area contributed by atoms with Crippen molar-refractivity contribution in [1.29, 1.82) is 0 Å². The smallest absolute Gasteiger partial charge is 0.417 e. The minimum Gasteiger partial charge on any atom is -0.465 e. The van der Waals surface area contributed by atoms with Crippen molar-refractivity contribution in [2.24, 2.45) is 5.92 Å². The van der Waals surface area contributed by atoms with Crippen LogP contribution in [0.25, 0.3) is 28.1 Å². The first-order valence-electron chi connectivity index (χ1n) is 16.9. The normalized spacial score (nSPS) is 11.8. The lowest BCUT2D eigenvalue weighted by Crippen LogP contribution is -2.19. The van der Waals surface area contributed by atoms with Gasteiger partial charge in [0, 0.05) is 34.6 Å². The van der Waals surface area contributed by atoms with E-state index in [1.54, 1.807) is 53.2 Å². The first-order valence-corrected chi connectivity index (χ1v) is 19.3. The quantitative estimate of drug-likeness (QED) is 0.124.